The number of hydrogen-bond donors (Lipinski definition) is 0. The van der Waals surface area contributed by atoms with Gasteiger partial charge in [0.2, 0.25) is 5.89 Å². The molecule has 7 heteroatoms. The Morgan fingerprint density at radius 3 is 3.06 bits per heavy atom. The fourth-order valence-corrected chi connectivity index (χ4v) is 2.24. The molecule has 3 rings (SSSR count). The van der Waals surface area contributed by atoms with Gasteiger partial charge in [0.1, 0.15) is 12.9 Å². The SMILES string of the molecule is Cn1cnn(Cc2ncc(-c3cccs3)o2)c1=O. The van der Waals surface area contributed by atoms with Crippen molar-refractivity contribution >= 4 is 11.3 Å². The van der Waals surface area contributed by atoms with Crippen LogP contribution in [0.25, 0.3) is 10.6 Å². The molecule has 3 heterocycles. The van der Waals surface area contributed by atoms with Crippen LogP contribution >= 0.6 is 11.3 Å². The summed E-state index contributed by atoms with van der Waals surface area (Å²) >= 11 is 1.58. The van der Waals surface area contributed by atoms with E-state index >= 15 is 0 Å². The van der Waals surface area contributed by atoms with Crippen molar-refractivity contribution in [1.82, 2.24) is 19.3 Å². The highest BCUT2D eigenvalue weighted by Crippen LogP contribution is 2.25. The molecule has 6 nitrogen and oxygen atoms in total. The van der Waals surface area contributed by atoms with Gasteiger partial charge in [0.25, 0.3) is 0 Å². The molecular formula is C11H10N4O2S. The molecule has 0 saturated heterocycles. The first kappa shape index (κ1) is 11.0. The molecule has 0 atom stereocenters. The summed E-state index contributed by atoms with van der Waals surface area (Å²) in [7, 11) is 1.65. The number of rotatable bonds is 3. The lowest BCUT2D eigenvalue weighted by molar-refractivity contribution is 0.468. The first-order valence-corrected chi connectivity index (χ1v) is 6.19. The Morgan fingerprint density at radius 1 is 1.50 bits per heavy atom. The normalized spacial score (nSPS) is 10.9. The number of oxazole rings is 1. The Balaban J connectivity index is 1.86. The molecule has 0 aliphatic rings. The molecular weight excluding hydrogens is 252 g/mol. The van der Waals surface area contributed by atoms with Crippen LogP contribution in [0.3, 0.4) is 0 Å². The fraction of sp³-hybridized carbons (Fsp3) is 0.182. The minimum Gasteiger partial charge on any atom is -0.438 e. The van der Waals surface area contributed by atoms with E-state index in [9.17, 15) is 4.79 Å². The Morgan fingerprint density at radius 2 is 2.39 bits per heavy atom. The van der Waals surface area contributed by atoms with Crippen LogP contribution < -0.4 is 5.69 Å². The second-order valence-corrected chi connectivity index (χ2v) is 4.73. The van der Waals surface area contributed by atoms with Crippen LogP contribution in [0, 0.1) is 0 Å². The van der Waals surface area contributed by atoms with Gasteiger partial charge >= 0.3 is 5.69 Å². The Kier molecular flexibility index (Phi) is 2.60. The van der Waals surface area contributed by atoms with E-state index < -0.39 is 0 Å². The van der Waals surface area contributed by atoms with Crippen molar-refractivity contribution in [3.8, 4) is 10.6 Å². The summed E-state index contributed by atoms with van der Waals surface area (Å²) < 4.78 is 8.30. The second kappa shape index (κ2) is 4.26. The summed E-state index contributed by atoms with van der Waals surface area (Å²) in [5.74, 6) is 1.18. The lowest BCUT2D eigenvalue weighted by atomic mass is 10.4. The molecule has 18 heavy (non-hydrogen) atoms. The number of thiophene rings is 1. The molecule has 0 N–H and O–H groups in total. The summed E-state index contributed by atoms with van der Waals surface area (Å²) in [5.41, 5.74) is -0.189. The van der Waals surface area contributed by atoms with E-state index in [-0.39, 0.29) is 12.2 Å². The van der Waals surface area contributed by atoms with Gasteiger partial charge in [0.15, 0.2) is 5.76 Å². The summed E-state index contributed by atoms with van der Waals surface area (Å²) in [6, 6.07) is 3.91. The zero-order chi connectivity index (χ0) is 12.5. The molecule has 0 radical (unpaired) electrons. The van der Waals surface area contributed by atoms with Gasteiger partial charge in [0.05, 0.1) is 11.1 Å². The van der Waals surface area contributed by atoms with E-state index in [0.717, 1.165) is 4.88 Å². The lowest BCUT2D eigenvalue weighted by Gasteiger charge is -1.94. The van der Waals surface area contributed by atoms with Gasteiger partial charge in [-0.05, 0) is 11.4 Å². The van der Waals surface area contributed by atoms with Crippen LogP contribution in [-0.4, -0.2) is 19.3 Å². The van der Waals surface area contributed by atoms with E-state index in [0.29, 0.717) is 11.7 Å². The average Bonchev–Trinajstić information content (AvgIpc) is 3.06. The van der Waals surface area contributed by atoms with E-state index in [1.54, 1.807) is 24.6 Å². The van der Waals surface area contributed by atoms with E-state index in [4.69, 9.17) is 4.42 Å². The third-order valence-corrected chi connectivity index (χ3v) is 3.37. The predicted octanol–water partition coefficient (Wildman–Crippen LogP) is 1.35. The van der Waals surface area contributed by atoms with Gasteiger partial charge in [-0.15, -0.1) is 11.3 Å². The third-order valence-electron chi connectivity index (χ3n) is 2.49. The van der Waals surface area contributed by atoms with Crippen molar-refractivity contribution in [1.29, 1.82) is 0 Å². The van der Waals surface area contributed by atoms with Crippen molar-refractivity contribution in [2.24, 2.45) is 7.05 Å². The monoisotopic (exact) mass is 262 g/mol. The van der Waals surface area contributed by atoms with Gasteiger partial charge in [-0.1, -0.05) is 6.07 Å². The highest BCUT2D eigenvalue weighted by Gasteiger charge is 2.10. The van der Waals surface area contributed by atoms with Gasteiger partial charge in [-0.25, -0.2) is 14.5 Å². The maximum absolute atomic E-state index is 11.6. The van der Waals surface area contributed by atoms with E-state index in [1.807, 2.05) is 17.5 Å². The summed E-state index contributed by atoms with van der Waals surface area (Å²) in [6.45, 7) is 0.241. The molecule has 92 valence electrons. The van der Waals surface area contributed by atoms with Crippen LogP contribution in [0.1, 0.15) is 5.89 Å². The molecule has 3 aromatic rings. The molecule has 3 aromatic heterocycles. The number of hydrogen-bond acceptors (Lipinski definition) is 5. The molecule has 0 bridgehead atoms. The Hall–Kier alpha value is -2.15. The van der Waals surface area contributed by atoms with Gasteiger partial charge in [-0.2, -0.15) is 5.10 Å². The first-order valence-electron chi connectivity index (χ1n) is 5.31. The first-order chi connectivity index (χ1) is 8.74. The van der Waals surface area contributed by atoms with Crippen molar-refractivity contribution in [3.63, 3.8) is 0 Å². The lowest BCUT2D eigenvalue weighted by Crippen LogP contribution is -2.23. The minimum atomic E-state index is -0.189. The van der Waals surface area contributed by atoms with Crippen molar-refractivity contribution in [3.05, 3.63) is 46.4 Å². The molecule has 0 aromatic carbocycles. The van der Waals surface area contributed by atoms with E-state index in [2.05, 4.69) is 10.1 Å². The maximum atomic E-state index is 11.6. The van der Waals surface area contributed by atoms with Crippen molar-refractivity contribution < 1.29 is 4.42 Å². The number of aryl methyl sites for hydroxylation is 1. The highest BCUT2D eigenvalue weighted by molar-refractivity contribution is 7.13. The van der Waals surface area contributed by atoms with Crippen molar-refractivity contribution in [2.45, 2.75) is 6.54 Å². The molecule has 0 fully saturated rings. The third kappa shape index (κ3) is 1.88. The van der Waals surface area contributed by atoms with Gasteiger partial charge in [-0.3, -0.25) is 4.57 Å². The molecule has 0 aliphatic heterocycles. The maximum Gasteiger partial charge on any atom is 0.345 e. The number of nitrogens with zero attached hydrogens (tertiary/aromatic N) is 4. The van der Waals surface area contributed by atoms with Crippen molar-refractivity contribution in [2.75, 3.05) is 0 Å². The summed E-state index contributed by atoms with van der Waals surface area (Å²) in [6.07, 6.45) is 3.13. The van der Waals surface area contributed by atoms with Crippen LogP contribution in [0.2, 0.25) is 0 Å². The van der Waals surface area contributed by atoms with Crippen LogP contribution in [-0.2, 0) is 13.6 Å². The molecule has 0 saturated carbocycles. The predicted molar refractivity (Wildman–Crippen MR) is 66.4 cm³/mol. The van der Waals surface area contributed by atoms with Gasteiger partial charge in [0, 0.05) is 7.05 Å². The van der Waals surface area contributed by atoms with Gasteiger partial charge < -0.3 is 4.42 Å². The number of aromatic nitrogens is 4. The Bertz CT molecular complexity index is 708. The van der Waals surface area contributed by atoms with Crippen LogP contribution in [0.15, 0.2) is 39.2 Å². The Labute approximate surface area is 106 Å². The van der Waals surface area contributed by atoms with Crippen LogP contribution in [0.4, 0.5) is 0 Å². The topological polar surface area (TPSA) is 65.8 Å². The zero-order valence-electron chi connectivity index (χ0n) is 9.61. The standard InChI is InChI=1S/C11H10N4O2S/c1-14-7-13-15(11(14)16)6-10-12-5-8(17-10)9-3-2-4-18-9/h2-5,7H,6H2,1H3. The average molecular weight is 262 g/mol. The largest absolute Gasteiger partial charge is 0.438 e. The highest BCUT2D eigenvalue weighted by atomic mass is 32.1. The summed E-state index contributed by atoms with van der Waals surface area (Å²) in [5, 5.41) is 5.93. The summed E-state index contributed by atoms with van der Waals surface area (Å²) in [4.78, 5) is 16.8. The molecule has 0 spiro atoms. The smallest absolute Gasteiger partial charge is 0.345 e. The molecule has 0 unspecified atom stereocenters. The van der Waals surface area contributed by atoms with E-state index in [1.165, 1.54) is 15.6 Å². The molecule has 0 amide bonds. The molecule has 0 aliphatic carbocycles. The zero-order valence-corrected chi connectivity index (χ0v) is 10.4. The second-order valence-electron chi connectivity index (χ2n) is 3.78. The minimum absolute atomic E-state index is 0.189. The van der Waals surface area contributed by atoms with Crippen LogP contribution in [0.5, 0.6) is 0 Å². The fourth-order valence-electron chi connectivity index (χ4n) is 1.57. The quantitative estimate of drug-likeness (QED) is 0.714.